The van der Waals surface area contributed by atoms with E-state index in [1.54, 1.807) is 32.5 Å². The lowest BCUT2D eigenvalue weighted by atomic mass is 9.80. The summed E-state index contributed by atoms with van der Waals surface area (Å²) in [6.45, 7) is 5.89. The number of ether oxygens (including phenoxy) is 2. The minimum atomic E-state index is -0.605. The molecule has 0 aliphatic carbocycles. The second-order valence-corrected chi connectivity index (χ2v) is 6.72. The number of esters is 2. The van der Waals surface area contributed by atoms with Crippen LogP contribution in [0, 0.1) is 0 Å². The fourth-order valence-corrected chi connectivity index (χ4v) is 3.84. The molecule has 1 aliphatic rings. The van der Waals surface area contributed by atoms with E-state index in [-0.39, 0.29) is 19.8 Å². The number of nitrogens with two attached hydrogens (primary N) is 1. The molecule has 0 fully saturated rings. The first-order valence-electron chi connectivity index (χ1n) is 8.88. The highest BCUT2D eigenvalue weighted by atomic mass is 32.2. The summed E-state index contributed by atoms with van der Waals surface area (Å²) in [6.07, 6.45) is 1.96. The number of allylic oxidation sites excluding steroid dienone is 1. The van der Waals surface area contributed by atoms with Crippen molar-refractivity contribution >= 4 is 23.7 Å². The largest absolute Gasteiger partial charge is 0.463 e. The van der Waals surface area contributed by atoms with Gasteiger partial charge in [0, 0.05) is 22.8 Å². The zero-order valence-corrected chi connectivity index (χ0v) is 16.9. The van der Waals surface area contributed by atoms with Gasteiger partial charge >= 0.3 is 11.9 Å². The minimum Gasteiger partial charge on any atom is -0.463 e. The van der Waals surface area contributed by atoms with Crippen LogP contribution in [0.2, 0.25) is 0 Å². The predicted molar refractivity (Wildman–Crippen MR) is 106 cm³/mol. The van der Waals surface area contributed by atoms with Crippen LogP contribution in [0.3, 0.4) is 0 Å². The van der Waals surface area contributed by atoms with Crippen molar-refractivity contribution in [3.8, 4) is 0 Å². The topological polar surface area (TPSA) is 90.6 Å². The van der Waals surface area contributed by atoms with Crippen molar-refractivity contribution < 1.29 is 19.1 Å². The number of carbonyl (C=O) groups excluding carboxylic acids is 2. The number of nitrogens with one attached hydrogen (secondary N) is 1. The van der Waals surface area contributed by atoms with Crippen molar-refractivity contribution in [2.75, 3.05) is 26.0 Å². The van der Waals surface area contributed by atoms with Crippen LogP contribution in [0.15, 0.2) is 51.7 Å². The smallest absolute Gasteiger partial charge is 0.336 e. The highest BCUT2D eigenvalue weighted by molar-refractivity contribution is 7.98. The van der Waals surface area contributed by atoms with Crippen LogP contribution in [0.4, 0.5) is 0 Å². The predicted octanol–water partition coefficient (Wildman–Crippen LogP) is 2.71. The third kappa shape index (κ3) is 4.36. The lowest BCUT2D eigenvalue weighted by Crippen LogP contribution is -2.36. The van der Waals surface area contributed by atoms with Gasteiger partial charge in [0.25, 0.3) is 0 Å². The summed E-state index contributed by atoms with van der Waals surface area (Å²) < 4.78 is 10.6. The highest BCUT2D eigenvalue weighted by Gasteiger charge is 2.39. The molecule has 1 atom stereocenters. The number of carbonyl (C=O) groups is 2. The Bertz CT molecular complexity index is 786. The Morgan fingerprint density at radius 1 is 1.11 bits per heavy atom. The van der Waals surface area contributed by atoms with Gasteiger partial charge in [0.2, 0.25) is 0 Å². The van der Waals surface area contributed by atoms with Gasteiger partial charge in [0.15, 0.2) is 0 Å². The number of dihydropyridines is 1. The molecule has 2 rings (SSSR count). The van der Waals surface area contributed by atoms with Crippen molar-refractivity contribution in [2.24, 2.45) is 5.73 Å². The number of hydrogen-bond acceptors (Lipinski definition) is 7. The molecular weight excluding hydrogens is 364 g/mol. The number of thioether (sulfide) groups is 1. The molecule has 0 radical (unpaired) electrons. The Morgan fingerprint density at radius 2 is 1.70 bits per heavy atom. The van der Waals surface area contributed by atoms with E-state index in [1.165, 1.54) is 0 Å². The Kier molecular flexibility index (Phi) is 7.50. The average molecular weight is 391 g/mol. The molecule has 1 aromatic rings. The maximum Gasteiger partial charge on any atom is 0.336 e. The average Bonchev–Trinajstić information content (AvgIpc) is 2.67. The van der Waals surface area contributed by atoms with Crippen molar-refractivity contribution in [1.82, 2.24) is 5.32 Å². The minimum absolute atomic E-state index is 0.125. The van der Waals surface area contributed by atoms with Gasteiger partial charge in [-0.15, -0.1) is 11.8 Å². The molecule has 1 unspecified atom stereocenters. The van der Waals surface area contributed by atoms with Gasteiger partial charge in [0.05, 0.1) is 30.3 Å². The van der Waals surface area contributed by atoms with E-state index in [1.807, 2.05) is 30.5 Å². The summed E-state index contributed by atoms with van der Waals surface area (Å²) in [5.41, 5.74) is 8.70. The van der Waals surface area contributed by atoms with Gasteiger partial charge in [0.1, 0.15) is 0 Å². The highest BCUT2D eigenvalue weighted by Crippen LogP contribution is 2.42. The molecule has 0 aromatic heterocycles. The molecule has 7 heteroatoms. The molecule has 0 bridgehead atoms. The van der Waals surface area contributed by atoms with E-state index in [2.05, 4.69) is 5.32 Å². The van der Waals surface area contributed by atoms with Crippen LogP contribution >= 0.6 is 11.8 Å². The maximum absolute atomic E-state index is 12.8. The first-order valence-corrected chi connectivity index (χ1v) is 10.1. The van der Waals surface area contributed by atoms with E-state index >= 15 is 0 Å². The maximum atomic E-state index is 12.8. The van der Waals surface area contributed by atoms with E-state index in [0.717, 1.165) is 10.5 Å². The lowest BCUT2D eigenvalue weighted by Gasteiger charge is -2.32. The van der Waals surface area contributed by atoms with Crippen LogP contribution < -0.4 is 11.1 Å². The lowest BCUT2D eigenvalue weighted by molar-refractivity contribution is -0.139. The van der Waals surface area contributed by atoms with Crippen LogP contribution in [-0.4, -0.2) is 38.0 Å². The molecule has 27 heavy (non-hydrogen) atoms. The van der Waals surface area contributed by atoms with E-state index in [4.69, 9.17) is 15.2 Å². The molecule has 146 valence electrons. The van der Waals surface area contributed by atoms with Crippen LogP contribution in [-0.2, 0) is 19.1 Å². The number of hydrogen-bond donors (Lipinski definition) is 2. The van der Waals surface area contributed by atoms with Gasteiger partial charge in [-0.1, -0.05) is 18.2 Å². The summed E-state index contributed by atoms with van der Waals surface area (Å²) in [4.78, 5) is 26.6. The molecule has 3 N–H and O–H groups in total. The fourth-order valence-electron chi connectivity index (χ4n) is 3.20. The van der Waals surface area contributed by atoms with Crippen LogP contribution in [0.25, 0.3) is 0 Å². The van der Waals surface area contributed by atoms with Gasteiger partial charge in [-0.2, -0.15) is 0 Å². The molecule has 0 saturated carbocycles. The second kappa shape index (κ2) is 9.62. The molecule has 0 saturated heterocycles. The molecule has 6 nitrogen and oxygen atoms in total. The monoisotopic (exact) mass is 390 g/mol. The number of rotatable bonds is 7. The van der Waals surface area contributed by atoms with Gasteiger partial charge in [-0.05, 0) is 38.7 Å². The molecule has 0 spiro atoms. The third-order valence-corrected chi connectivity index (χ3v) is 5.10. The van der Waals surface area contributed by atoms with Gasteiger partial charge < -0.3 is 20.5 Å². The first-order chi connectivity index (χ1) is 13.0. The normalized spacial score (nSPS) is 16.9. The summed E-state index contributed by atoms with van der Waals surface area (Å²) >= 11 is 1.55. The van der Waals surface area contributed by atoms with Crippen molar-refractivity contribution in [2.45, 2.75) is 31.6 Å². The Morgan fingerprint density at radius 3 is 2.26 bits per heavy atom. The standard InChI is InChI=1S/C20H26N2O4S/c1-5-25-19(23)16-12(3)22-14(11-21)18(20(24)26-6-2)17(16)13-9-7-8-10-15(13)27-4/h7-10,17,22H,5-6,11,21H2,1-4H3. The van der Waals surface area contributed by atoms with Crippen molar-refractivity contribution in [3.63, 3.8) is 0 Å². The van der Waals surface area contributed by atoms with E-state index < -0.39 is 17.9 Å². The molecular formula is C20H26N2O4S. The Hall–Kier alpha value is -2.25. The summed E-state index contributed by atoms with van der Waals surface area (Å²) in [7, 11) is 0. The zero-order valence-electron chi connectivity index (χ0n) is 16.1. The Balaban J connectivity index is 2.74. The summed E-state index contributed by atoms with van der Waals surface area (Å²) in [5, 5.41) is 3.11. The second-order valence-electron chi connectivity index (χ2n) is 5.88. The summed E-state index contributed by atoms with van der Waals surface area (Å²) in [5.74, 6) is -1.55. The quantitative estimate of drug-likeness (QED) is 0.546. The van der Waals surface area contributed by atoms with Crippen LogP contribution in [0.1, 0.15) is 32.3 Å². The Labute approximate surface area is 164 Å². The molecule has 1 aliphatic heterocycles. The van der Waals surface area contributed by atoms with Crippen LogP contribution in [0.5, 0.6) is 0 Å². The SMILES string of the molecule is CCOC(=O)C1=C(C)NC(CN)=C(C(=O)OCC)C1c1ccccc1SC. The molecule has 1 aromatic carbocycles. The molecule has 1 heterocycles. The summed E-state index contributed by atoms with van der Waals surface area (Å²) in [6, 6.07) is 7.70. The van der Waals surface area contributed by atoms with Gasteiger partial charge in [-0.3, -0.25) is 0 Å². The number of benzene rings is 1. The van der Waals surface area contributed by atoms with Gasteiger partial charge in [-0.25, -0.2) is 9.59 Å². The van der Waals surface area contributed by atoms with E-state index in [9.17, 15) is 9.59 Å². The zero-order chi connectivity index (χ0) is 20.0. The van der Waals surface area contributed by atoms with E-state index in [0.29, 0.717) is 22.5 Å². The first kappa shape index (κ1) is 21.1. The fraction of sp³-hybridized carbons (Fsp3) is 0.400. The third-order valence-electron chi connectivity index (χ3n) is 4.29. The van der Waals surface area contributed by atoms with Crippen molar-refractivity contribution in [3.05, 3.63) is 52.4 Å². The van der Waals surface area contributed by atoms with Crippen molar-refractivity contribution in [1.29, 1.82) is 0 Å². The molecule has 0 amide bonds.